The van der Waals surface area contributed by atoms with Crippen molar-refractivity contribution in [3.8, 4) is 0 Å². The zero-order chi connectivity index (χ0) is 12.5. The topological polar surface area (TPSA) is 66.5 Å². The van der Waals surface area contributed by atoms with Gasteiger partial charge in [0.05, 0.1) is 4.90 Å². The molecule has 1 aliphatic rings. The summed E-state index contributed by atoms with van der Waals surface area (Å²) in [6.07, 6.45) is 0.575. The third kappa shape index (κ3) is 2.05. The standard InChI is InChI=1S/C11H14N2O3S/c1-12-11(14)10-7-8-13(10)17(15,16)9-5-3-2-4-6-9/h2-6,10H,7-8H2,1H3,(H,12,14). The average Bonchev–Trinajstić information content (AvgIpc) is 2.28. The Morgan fingerprint density at radius 2 is 2.00 bits per heavy atom. The van der Waals surface area contributed by atoms with E-state index >= 15 is 0 Å². The summed E-state index contributed by atoms with van der Waals surface area (Å²) in [6, 6.07) is 7.60. The number of likely N-dealkylation sites (N-methyl/N-ethyl adjacent to an activating group) is 1. The number of nitrogens with zero attached hydrogens (tertiary/aromatic N) is 1. The van der Waals surface area contributed by atoms with Crippen LogP contribution in [0.3, 0.4) is 0 Å². The molecule has 17 heavy (non-hydrogen) atoms. The highest BCUT2D eigenvalue weighted by Gasteiger charge is 2.42. The van der Waals surface area contributed by atoms with Gasteiger partial charge in [-0.3, -0.25) is 4.79 Å². The SMILES string of the molecule is CNC(=O)C1CCN1S(=O)(=O)c1ccccc1. The van der Waals surface area contributed by atoms with E-state index in [1.807, 2.05) is 0 Å². The molecule has 5 nitrogen and oxygen atoms in total. The van der Waals surface area contributed by atoms with Gasteiger partial charge in [0.15, 0.2) is 0 Å². The van der Waals surface area contributed by atoms with Gasteiger partial charge in [0.1, 0.15) is 6.04 Å². The van der Waals surface area contributed by atoms with Gasteiger partial charge in [-0.25, -0.2) is 8.42 Å². The molecule has 1 saturated heterocycles. The maximum Gasteiger partial charge on any atom is 0.243 e. The van der Waals surface area contributed by atoms with E-state index in [9.17, 15) is 13.2 Å². The Morgan fingerprint density at radius 3 is 2.47 bits per heavy atom. The lowest BCUT2D eigenvalue weighted by Crippen LogP contribution is -2.57. The molecule has 1 aromatic carbocycles. The van der Waals surface area contributed by atoms with Crippen LogP contribution in [0, 0.1) is 0 Å². The van der Waals surface area contributed by atoms with Gasteiger partial charge in [-0.05, 0) is 18.6 Å². The molecule has 0 bridgehead atoms. The molecule has 1 unspecified atom stereocenters. The van der Waals surface area contributed by atoms with Gasteiger partial charge in [-0.1, -0.05) is 18.2 Å². The third-order valence-corrected chi connectivity index (χ3v) is 4.79. The molecule has 1 atom stereocenters. The first-order valence-corrected chi connectivity index (χ1v) is 6.80. The van der Waals surface area contributed by atoms with E-state index in [1.165, 1.54) is 23.5 Å². The zero-order valence-electron chi connectivity index (χ0n) is 9.46. The molecule has 0 spiro atoms. The van der Waals surface area contributed by atoms with Crippen LogP contribution in [0.25, 0.3) is 0 Å². The van der Waals surface area contributed by atoms with Crippen molar-refractivity contribution in [2.45, 2.75) is 17.4 Å². The highest BCUT2D eigenvalue weighted by Crippen LogP contribution is 2.26. The number of nitrogens with one attached hydrogen (secondary N) is 1. The van der Waals surface area contributed by atoms with Crippen LogP contribution in [-0.4, -0.2) is 38.3 Å². The second-order valence-corrected chi connectivity index (χ2v) is 5.74. The Hall–Kier alpha value is -1.40. The van der Waals surface area contributed by atoms with E-state index < -0.39 is 16.1 Å². The first-order valence-electron chi connectivity index (χ1n) is 5.36. The van der Waals surface area contributed by atoms with Crippen LogP contribution in [0.15, 0.2) is 35.2 Å². The van der Waals surface area contributed by atoms with E-state index in [0.717, 1.165) is 0 Å². The highest BCUT2D eigenvalue weighted by atomic mass is 32.2. The van der Waals surface area contributed by atoms with Crippen LogP contribution in [0.2, 0.25) is 0 Å². The fourth-order valence-electron chi connectivity index (χ4n) is 1.81. The van der Waals surface area contributed by atoms with Crippen LogP contribution in [0.5, 0.6) is 0 Å². The number of amides is 1. The van der Waals surface area contributed by atoms with Crippen molar-refractivity contribution < 1.29 is 13.2 Å². The third-order valence-electron chi connectivity index (χ3n) is 2.87. The van der Waals surface area contributed by atoms with Crippen molar-refractivity contribution in [2.24, 2.45) is 0 Å². The Balaban J connectivity index is 2.26. The number of rotatable bonds is 3. The zero-order valence-corrected chi connectivity index (χ0v) is 10.3. The van der Waals surface area contributed by atoms with Crippen molar-refractivity contribution in [2.75, 3.05) is 13.6 Å². The lowest BCUT2D eigenvalue weighted by Gasteiger charge is -2.38. The van der Waals surface area contributed by atoms with Crippen LogP contribution < -0.4 is 5.32 Å². The van der Waals surface area contributed by atoms with Crippen molar-refractivity contribution in [3.63, 3.8) is 0 Å². The molecule has 1 fully saturated rings. The number of carbonyl (C=O) groups is 1. The smallest absolute Gasteiger partial charge is 0.243 e. The number of carbonyl (C=O) groups excluding carboxylic acids is 1. The van der Waals surface area contributed by atoms with Crippen molar-refractivity contribution in [1.29, 1.82) is 0 Å². The minimum atomic E-state index is -3.53. The second kappa shape index (κ2) is 4.46. The lowest BCUT2D eigenvalue weighted by atomic mass is 10.1. The van der Waals surface area contributed by atoms with Gasteiger partial charge in [0, 0.05) is 13.6 Å². The van der Waals surface area contributed by atoms with E-state index in [0.29, 0.717) is 13.0 Å². The Kier molecular flexibility index (Phi) is 3.17. The van der Waals surface area contributed by atoms with Crippen molar-refractivity contribution in [1.82, 2.24) is 9.62 Å². The van der Waals surface area contributed by atoms with Crippen LogP contribution in [-0.2, 0) is 14.8 Å². The van der Waals surface area contributed by atoms with Gasteiger partial charge in [0.2, 0.25) is 15.9 Å². The van der Waals surface area contributed by atoms with Gasteiger partial charge < -0.3 is 5.32 Å². The molecule has 0 radical (unpaired) electrons. The monoisotopic (exact) mass is 254 g/mol. The highest BCUT2D eigenvalue weighted by molar-refractivity contribution is 7.89. The van der Waals surface area contributed by atoms with E-state index in [-0.39, 0.29) is 10.8 Å². The molecule has 1 aromatic rings. The minimum Gasteiger partial charge on any atom is -0.358 e. The van der Waals surface area contributed by atoms with Crippen molar-refractivity contribution >= 4 is 15.9 Å². The second-order valence-electron chi connectivity index (χ2n) is 3.85. The summed E-state index contributed by atoms with van der Waals surface area (Å²) >= 11 is 0. The first-order chi connectivity index (χ1) is 8.07. The normalized spacial score (nSPS) is 20.6. The largest absolute Gasteiger partial charge is 0.358 e. The average molecular weight is 254 g/mol. The van der Waals surface area contributed by atoms with Gasteiger partial charge >= 0.3 is 0 Å². The fourth-order valence-corrected chi connectivity index (χ4v) is 3.46. The summed E-state index contributed by atoms with van der Waals surface area (Å²) in [5.41, 5.74) is 0. The van der Waals surface area contributed by atoms with Crippen molar-refractivity contribution in [3.05, 3.63) is 30.3 Å². The maximum absolute atomic E-state index is 12.2. The summed E-state index contributed by atoms with van der Waals surface area (Å²) in [5, 5.41) is 2.48. The summed E-state index contributed by atoms with van der Waals surface area (Å²) in [4.78, 5) is 11.7. The molecular weight excluding hydrogens is 240 g/mol. The van der Waals surface area contributed by atoms with Crippen LogP contribution in [0.4, 0.5) is 0 Å². The van der Waals surface area contributed by atoms with Gasteiger partial charge in [-0.2, -0.15) is 4.31 Å². The van der Waals surface area contributed by atoms with Crippen LogP contribution >= 0.6 is 0 Å². The Morgan fingerprint density at radius 1 is 1.35 bits per heavy atom. The maximum atomic E-state index is 12.2. The predicted octanol–water partition coefficient (Wildman–Crippen LogP) is 0.196. The Labute approximate surface area is 100 Å². The number of hydrogen-bond donors (Lipinski definition) is 1. The van der Waals surface area contributed by atoms with E-state index in [4.69, 9.17) is 0 Å². The first kappa shape index (κ1) is 12.1. The Bertz CT molecular complexity index is 513. The summed E-state index contributed by atoms with van der Waals surface area (Å²) in [7, 11) is -2.03. The molecule has 1 aliphatic heterocycles. The quantitative estimate of drug-likeness (QED) is 0.837. The number of hydrogen-bond acceptors (Lipinski definition) is 3. The predicted molar refractivity (Wildman–Crippen MR) is 62.8 cm³/mol. The molecule has 92 valence electrons. The molecule has 1 amide bonds. The molecular formula is C11H14N2O3S. The molecule has 0 saturated carbocycles. The van der Waals surface area contributed by atoms with Gasteiger partial charge in [0.25, 0.3) is 0 Å². The van der Waals surface area contributed by atoms with Gasteiger partial charge in [-0.15, -0.1) is 0 Å². The molecule has 0 aromatic heterocycles. The summed E-state index contributed by atoms with van der Waals surface area (Å²) < 4.78 is 25.6. The molecule has 1 heterocycles. The summed E-state index contributed by atoms with van der Waals surface area (Å²) in [6.45, 7) is 0.398. The van der Waals surface area contributed by atoms with E-state index in [2.05, 4.69) is 5.32 Å². The summed E-state index contributed by atoms with van der Waals surface area (Å²) in [5.74, 6) is -0.254. The molecule has 2 rings (SSSR count). The molecule has 6 heteroatoms. The van der Waals surface area contributed by atoms with Crippen LogP contribution in [0.1, 0.15) is 6.42 Å². The number of sulfonamides is 1. The van der Waals surface area contributed by atoms with E-state index in [1.54, 1.807) is 18.2 Å². The molecule has 0 aliphatic carbocycles. The molecule has 1 N–H and O–H groups in total. The number of benzene rings is 1. The lowest BCUT2D eigenvalue weighted by molar-refractivity contribution is -0.127. The minimum absolute atomic E-state index is 0.230. The fraction of sp³-hybridized carbons (Fsp3) is 0.364.